The number of rotatable bonds is 8. The third kappa shape index (κ3) is 4.93. The van der Waals surface area contributed by atoms with Crippen molar-refractivity contribution in [1.82, 2.24) is 4.98 Å². The fourth-order valence-electron chi connectivity index (χ4n) is 4.98. The summed E-state index contributed by atoms with van der Waals surface area (Å²) in [7, 11) is 2.95. The number of benzene rings is 2. The smallest absolute Gasteiger partial charge is 0.350 e. The monoisotopic (exact) mass is 576 g/mol. The van der Waals surface area contributed by atoms with Crippen molar-refractivity contribution >= 4 is 39.9 Å². The van der Waals surface area contributed by atoms with Crippen LogP contribution in [-0.4, -0.2) is 54.7 Å². The normalized spacial score (nSPS) is 19.1. The molecule has 10 nitrogen and oxygen atoms in total. The summed E-state index contributed by atoms with van der Waals surface area (Å²) in [6.45, 7) is 7.09. The molecule has 3 aromatic rings. The second-order valence-corrected chi connectivity index (χ2v) is 10.5. The highest BCUT2D eigenvalue weighted by molar-refractivity contribution is 7.17. The highest BCUT2D eigenvalue weighted by atomic mass is 32.1. The summed E-state index contributed by atoms with van der Waals surface area (Å²) in [5, 5.41) is 11.7. The summed E-state index contributed by atoms with van der Waals surface area (Å²) in [5.74, 6) is -1.32. The summed E-state index contributed by atoms with van der Waals surface area (Å²) >= 11 is 0.909. The molecular weight excluding hydrogens is 548 g/mol. The van der Waals surface area contributed by atoms with Gasteiger partial charge in [0.25, 0.3) is 5.78 Å². The van der Waals surface area contributed by atoms with Crippen LogP contribution >= 0.6 is 11.3 Å². The molecule has 0 aliphatic carbocycles. The van der Waals surface area contributed by atoms with E-state index < -0.39 is 23.7 Å². The Bertz CT molecular complexity index is 1610. The minimum absolute atomic E-state index is 0.00161. The lowest BCUT2D eigenvalue weighted by Crippen LogP contribution is -2.29. The van der Waals surface area contributed by atoms with Crippen molar-refractivity contribution in [3.05, 3.63) is 81.9 Å². The molecular formula is C30H28N2O8S. The number of Topliss-reactive ketones (excluding diaryl/α,β-unsaturated/α-hetero) is 1. The number of amides is 1. The van der Waals surface area contributed by atoms with Crippen molar-refractivity contribution in [1.29, 1.82) is 0 Å². The summed E-state index contributed by atoms with van der Waals surface area (Å²) < 4.78 is 22.0. The van der Waals surface area contributed by atoms with Gasteiger partial charge in [-0.05, 0) is 55.8 Å². The van der Waals surface area contributed by atoms with E-state index in [9.17, 15) is 19.5 Å². The molecule has 1 fully saturated rings. The van der Waals surface area contributed by atoms with Crippen LogP contribution in [-0.2, 0) is 20.7 Å². The summed E-state index contributed by atoms with van der Waals surface area (Å²) in [6.07, 6.45) is 2.06. The van der Waals surface area contributed by atoms with Crippen molar-refractivity contribution in [2.75, 3.05) is 25.7 Å². The molecule has 0 bridgehead atoms. The molecule has 0 saturated carbocycles. The standard InChI is InChI=1S/C30H28N2O8S/c1-6-11-39-29(36)27-16(3)31-30(41-27)32-24(20-14-19(37-4)8-10-22(20)38-5)23(26(34)28(32)35)25(33)17-7-9-21-18(13-17)12-15(2)40-21/h6-10,13-15,24,33H,1,11-12H2,2-5H3/b25-23+. The average Bonchev–Trinajstić information content (AvgIpc) is 3.62. The molecule has 0 radical (unpaired) electrons. The third-order valence-corrected chi connectivity index (χ3v) is 7.99. The molecule has 11 heteroatoms. The van der Waals surface area contributed by atoms with Gasteiger partial charge in [0.2, 0.25) is 0 Å². The number of ether oxygens (including phenoxy) is 4. The number of carbonyl (C=O) groups is 3. The maximum Gasteiger partial charge on any atom is 0.350 e. The lowest BCUT2D eigenvalue weighted by atomic mass is 9.93. The highest BCUT2D eigenvalue weighted by Gasteiger charge is 2.49. The van der Waals surface area contributed by atoms with Gasteiger partial charge >= 0.3 is 11.9 Å². The van der Waals surface area contributed by atoms with Crippen LogP contribution in [0.3, 0.4) is 0 Å². The SMILES string of the molecule is C=CCOC(=O)c1sc(N2C(=O)C(=O)/C(=C(/O)c3ccc4c(c3)CC(C)O4)C2c2cc(OC)ccc2OC)nc1C. The molecule has 1 amide bonds. The van der Waals surface area contributed by atoms with Crippen LogP contribution in [0.25, 0.3) is 5.76 Å². The number of hydrogen-bond donors (Lipinski definition) is 1. The minimum atomic E-state index is -1.15. The second-order valence-electron chi connectivity index (χ2n) is 9.53. The molecule has 0 spiro atoms. The number of fused-ring (bicyclic) bond motifs is 1. The lowest BCUT2D eigenvalue weighted by molar-refractivity contribution is -0.132. The maximum atomic E-state index is 13.7. The molecule has 2 atom stereocenters. The number of thiazole rings is 1. The van der Waals surface area contributed by atoms with E-state index in [1.165, 1.54) is 25.2 Å². The van der Waals surface area contributed by atoms with Crippen LogP contribution in [0.4, 0.5) is 5.13 Å². The quantitative estimate of drug-likeness (QED) is 0.133. The number of anilines is 1. The number of aliphatic hydroxyl groups is 1. The van der Waals surface area contributed by atoms with E-state index in [0.717, 1.165) is 16.9 Å². The molecule has 5 rings (SSSR count). The Balaban J connectivity index is 1.71. The van der Waals surface area contributed by atoms with Gasteiger partial charge in [-0.25, -0.2) is 9.78 Å². The summed E-state index contributed by atoms with van der Waals surface area (Å²) in [4.78, 5) is 45.8. The van der Waals surface area contributed by atoms with E-state index in [1.807, 2.05) is 6.92 Å². The van der Waals surface area contributed by atoms with Gasteiger partial charge in [0.05, 0.1) is 25.5 Å². The Morgan fingerprint density at radius 3 is 2.71 bits per heavy atom. The number of aliphatic hydroxyl groups excluding tert-OH is 1. The molecule has 2 aliphatic rings. The van der Waals surface area contributed by atoms with Crippen molar-refractivity contribution < 1.29 is 38.4 Å². The maximum absolute atomic E-state index is 13.7. The Kier molecular flexibility index (Phi) is 7.55. The van der Waals surface area contributed by atoms with Gasteiger partial charge in [-0.15, -0.1) is 0 Å². The fraction of sp³-hybridized carbons (Fsp3) is 0.267. The Morgan fingerprint density at radius 1 is 1.22 bits per heavy atom. The van der Waals surface area contributed by atoms with E-state index in [0.29, 0.717) is 40.5 Å². The van der Waals surface area contributed by atoms with Crippen molar-refractivity contribution in [3.63, 3.8) is 0 Å². The first-order valence-corrected chi connectivity index (χ1v) is 13.6. The first-order chi connectivity index (χ1) is 19.7. The van der Waals surface area contributed by atoms with Crippen LogP contribution in [0.5, 0.6) is 17.2 Å². The zero-order chi connectivity index (χ0) is 29.4. The number of methoxy groups -OCH3 is 2. The molecule has 212 valence electrons. The Labute approximate surface area is 240 Å². The molecule has 1 saturated heterocycles. The largest absolute Gasteiger partial charge is 0.507 e. The van der Waals surface area contributed by atoms with Gasteiger partial charge in [0, 0.05) is 17.5 Å². The predicted molar refractivity (Wildman–Crippen MR) is 152 cm³/mol. The van der Waals surface area contributed by atoms with Crippen molar-refractivity contribution in [2.24, 2.45) is 0 Å². The number of hydrogen-bond acceptors (Lipinski definition) is 10. The summed E-state index contributed by atoms with van der Waals surface area (Å²) in [6, 6.07) is 8.93. The van der Waals surface area contributed by atoms with Gasteiger partial charge < -0.3 is 24.1 Å². The van der Waals surface area contributed by atoms with Gasteiger partial charge in [-0.1, -0.05) is 24.0 Å². The molecule has 1 aromatic heterocycles. The zero-order valence-corrected chi connectivity index (χ0v) is 23.7. The molecule has 1 N–H and O–H groups in total. The van der Waals surface area contributed by atoms with Gasteiger partial charge in [-0.3, -0.25) is 14.5 Å². The first kappa shape index (κ1) is 27.9. The van der Waals surface area contributed by atoms with Crippen LogP contribution < -0.4 is 19.1 Å². The molecule has 2 aliphatic heterocycles. The average molecular weight is 577 g/mol. The topological polar surface area (TPSA) is 124 Å². The highest BCUT2D eigenvalue weighted by Crippen LogP contribution is 2.47. The zero-order valence-electron chi connectivity index (χ0n) is 22.9. The molecule has 2 aromatic carbocycles. The van der Waals surface area contributed by atoms with E-state index in [2.05, 4.69) is 11.6 Å². The Morgan fingerprint density at radius 2 is 2.00 bits per heavy atom. The van der Waals surface area contributed by atoms with Gasteiger partial charge in [0.15, 0.2) is 5.13 Å². The van der Waals surface area contributed by atoms with Crippen LogP contribution in [0.1, 0.15) is 45.0 Å². The van der Waals surface area contributed by atoms with Crippen LogP contribution in [0.15, 0.2) is 54.6 Å². The second kappa shape index (κ2) is 11.1. The first-order valence-electron chi connectivity index (χ1n) is 12.8. The predicted octanol–water partition coefficient (Wildman–Crippen LogP) is 4.76. The van der Waals surface area contributed by atoms with Crippen LogP contribution in [0, 0.1) is 6.92 Å². The van der Waals surface area contributed by atoms with Gasteiger partial charge in [0.1, 0.15) is 46.6 Å². The lowest BCUT2D eigenvalue weighted by Gasteiger charge is -2.25. The van der Waals surface area contributed by atoms with Crippen LogP contribution in [0.2, 0.25) is 0 Å². The van der Waals surface area contributed by atoms with E-state index in [1.54, 1.807) is 43.3 Å². The number of nitrogens with zero attached hydrogens (tertiary/aromatic N) is 2. The summed E-state index contributed by atoms with van der Waals surface area (Å²) in [5.41, 5.74) is 1.79. The Hall–Kier alpha value is -4.64. The number of carbonyl (C=O) groups excluding carboxylic acids is 3. The van der Waals surface area contributed by atoms with Crippen molar-refractivity contribution in [3.8, 4) is 17.2 Å². The number of ketones is 1. The third-order valence-electron chi connectivity index (χ3n) is 6.85. The van der Waals surface area contributed by atoms with E-state index in [4.69, 9.17) is 18.9 Å². The van der Waals surface area contributed by atoms with Gasteiger partial charge in [-0.2, -0.15) is 0 Å². The number of aromatic nitrogens is 1. The minimum Gasteiger partial charge on any atom is -0.507 e. The number of aryl methyl sites for hydroxylation is 1. The molecule has 41 heavy (non-hydrogen) atoms. The number of esters is 1. The molecule has 2 unspecified atom stereocenters. The van der Waals surface area contributed by atoms with Crippen molar-refractivity contribution in [2.45, 2.75) is 32.4 Å². The molecule has 3 heterocycles. The fourth-order valence-corrected chi connectivity index (χ4v) is 5.96. The van der Waals surface area contributed by atoms with E-state index in [-0.39, 0.29) is 34.1 Å². The van der Waals surface area contributed by atoms with E-state index >= 15 is 0 Å².